The molecule has 1 fully saturated rings. The molecule has 0 radical (unpaired) electrons. The van der Waals surface area contributed by atoms with Crippen LogP contribution in [0.5, 0.6) is 0 Å². The summed E-state index contributed by atoms with van der Waals surface area (Å²) in [7, 11) is 0. The third-order valence-corrected chi connectivity index (χ3v) is 3.75. The molecule has 4 unspecified atom stereocenters. The summed E-state index contributed by atoms with van der Waals surface area (Å²) in [4.78, 5) is 11.4. The summed E-state index contributed by atoms with van der Waals surface area (Å²) < 4.78 is 0. The molecule has 1 aliphatic heterocycles. The lowest BCUT2D eigenvalue weighted by Crippen LogP contribution is -2.48. The Labute approximate surface area is 74.7 Å². The van der Waals surface area contributed by atoms with Crippen LogP contribution in [0.15, 0.2) is 0 Å². The Kier molecular flexibility index (Phi) is 2.30. The maximum absolute atomic E-state index is 11.4. The molecule has 70 valence electrons. The van der Waals surface area contributed by atoms with Crippen molar-refractivity contribution < 1.29 is 4.79 Å². The normalized spacial score (nSPS) is 47.9. The van der Waals surface area contributed by atoms with E-state index in [9.17, 15) is 4.79 Å². The topological polar surface area (TPSA) is 29.1 Å². The van der Waals surface area contributed by atoms with Crippen LogP contribution in [0.4, 0.5) is 0 Å². The third-order valence-electron chi connectivity index (χ3n) is 3.75. The van der Waals surface area contributed by atoms with Gasteiger partial charge < -0.3 is 5.32 Å². The van der Waals surface area contributed by atoms with Crippen molar-refractivity contribution in [2.45, 2.75) is 46.2 Å². The van der Waals surface area contributed by atoms with Gasteiger partial charge >= 0.3 is 0 Å². The average molecular weight is 169 g/mol. The Bertz CT molecular complexity index is 202. The second-order valence-corrected chi connectivity index (χ2v) is 4.34. The minimum absolute atomic E-state index is 0.256. The predicted molar refractivity (Wildman–Crippen MR) is 50.0 cm³/mol. The maximum Gasteiger partial charge on any atom is 0.149 e. The van der Waals surface area contributed by atoms with E-state index in [-0.39, 0.29) is 11.3 Å². The van der Waals surface area contributed by atoms with Crippen LogP contribution in [0.3, 0.4) is 0 Å². The lowest BCUT2D eigenvalue weighted by Gasteiger charge is -2.27. The first kappa shape index (κ1) is 9.72. The van der Waals surface area contributed by atoms with Gasteiger partial charge in [0, 0.05) is 6.04 Å². The summed E-state index contributed by atoms with van der Waals surface area (Å²) in [5.74, 6) is 1.27. The van der Waals surface area contributed by atoms with Crippen LogP contribution in [0, 0.1) is 11.8 Å². The van der Waals surface area contributed by atoms with E-state index in [1.165, 1.54) is 0 Å². The van der Waals surface area contributed by atoms with E-state index in [2.05, 4.69) is 26.1 Å². The highest BCUT2D eigenvalue weighted by molar-refractivity contribution is 5.86. The molecule has 2 heteroatoms. The highest BCUT2D eigenvalue weighted by Gasteiger charge is 2.46. The number of ketones is 1. The molecule has 0 aromatic carbocycles. The van der Waals surface area contributed by atoms with Gasteiger partial charge in [-0.2, -0.15) is 0 Å². The van der Waals surface area contributed by atoms with E-state index in [1.54, 1.807) is 6.92 Å². The van der Waals surface area contributed by atoms with E-state index in [4.69, 9.17) is 0 Å². The van der Waals surface area contributed by atoms with Gasteiger partial charge in [0.1, 0.15) is 5.78 Å². The van der Waals surface area contributed by atoms with Crippen LogP contribution in [0.1, 0.15) is 34.6 Å². The van der Waals surface area contributed by atoms with Crippen molar-refractivity contribution in [2.24, 2.45) is 11.8 Å². The van der Waals surface area contributed by atoms with Gasteiger partial charge in [-0.1, -0.05) is 13.8 Å². The van der Waals surface area contributed by atoms with Gasteiger partial charge in [-0.05, 0) is 32.6 Å². The zero-order valence-electron chi connectivity index (χ0n) is 8.64. The highest BCUT2D eigenvalue weighted by Crippen LogP contribution is 2.34. The van der Waals surface area contributed by atoms with Crippen LogP contribution >= 0.6 is 0 Å². The molecule has 4 atom stereocenters. The molecule has 2 nitrogen and oxygen atoms in total. The van der Waals surface area contributed by atoms with E-state index in [0.717, 1.165) is 0 Å². The molecule has 1 N–H and O–H groups in total. The Hall–Kier alpha value is -0.370. The summed E-state index contributed by atoms with van der Waals surface area (Å²) in [6.45, 7) is 10.2. The summed E-state index contributed by atoms with van der Waals surface area (Å²) in [6, 6.07) is 0.453. The van der Waals surface area contributed by atoms with E-state index < -0.39 is 0 Å². The van der Waals surface area contributed by atoms with Crippen LogP contribution in [0.2, 0.25) is 0 Å². The van der Waals surface area contributed by atoms with Crippen LogP contribution in [-0.4, -0.2) is 17.4 Å². The van der Waals surface area contributed by atoms with Crippen LogP contribution < -0.4 is 5.32 Å². The quantitative estimate of drug-likeness (QED) is 0.646. The highest BCUT2D eigenvalue weighted by atomic mass is 16.1. The average Bonchev–Trinajstić information content (AvgIpc) is 2.17. The first-order valence-corrected chi connectivity index (χ1v) is 4.68. The third kappa shape index (κ3) is 1.18. The molecule has 0 amide bonds. The van der Waals surface area contributed by atoms with E-state index >= 15 is 0 Å². The molecule has 0 spiro atoms. The predicted octanol–water partition coefficient (Wildman–Crippen LogP) is 1.60. The second kappa shape index (κ2) is 2.84. The van der Waals surface area contributed by atoms with Crippen molar-refractivity contribution in [1.29, 1.82) is 0 Å². The minimum Gasteiger partial charge on any atom is -0.302 e. The van der Waals surface area contributed by atoms with Crippen molar-refractivity contribution in [3.63, 3.8) is 0 Å². The minimum atomic E-state index is -0.293. The van der Waals surface area contributed by atoms with Gasteiger partial charge in [-0.25, -0.2) is 0 Å². The number of Topliss-reactive ketones (excluding diaryl/α,β-unsaturated/α-hetero) is 1. The fourth-order valence-corrected chi connectivity index (χ4v) is 2.12. The molecule has 1 heterocycles. The van der Waals surface area contributed by atoms with Crippen molar-refractivity contribution in [3.8, 4) is 0 Å². The number of carbonyl (C=O) groups is 1. The van der Waals surface area contributed by atoms with Crippen molar-refractivity contribution in [1.82, 2.24) is 5.32 Å². The molecule has 1 rings (SSSR count). The number of nitrogens with one attached hydrogen (secondary N) is 1. The number of hydrogen-bond donors (Lipinski definition) is 1. The second-order valence-electron chi connectivity index (χ2n) is 4.34. The maximum atomic E-state index is 11.4. The Morgan fingerprint density at radius 3 is 2.00 bits per heavy atom. The van der Waals surface area contributed by atoms with E-state index in [1.807, 2.05) is 6.92 Å². The van der Waals surface area contributed by atoms with Gasteiger partial charge in [0.2, 0.25) is 0 Å². The van der Waals surface area contributed by atoms with E-state index in [0.29, 0.717) is 17.9 Å². The summed E-state index contributed by atoms with van der Waals surface area (Å²) in [6.07, 6.45) is 0. The zero-order chi connectivity index (χ0) is 9.52. The van der Waals surface area contributed by atoms with Gasteiger partial charge in [0.25, 0.3) is 0 Å². The van der Waals surface area contributed by atoms with Crippen LogP contribution in [-0.2, 0) is 4.79 Å². The summed E-state index contributed by atoms with van der Waals surface area (Å²) in [5, 5.41) is 3.38. The standard InChI is InChI=1S/C10H19NO/c1-6-7(2)10(5,9(4)12)11-8(6)3/h6-8,11H,1-5H3. The number of hydrogen-bond acceptors (Lipinski definition) is 2. The molecule has 1 aliphatic rings. The van der Waals surface area contributed by atoms with Crippen molar-refractivity contribution >= 4 is 5.78 Å². The Balaban J connectivity index is 2.89. The SMILES string of the molecule is CC(=O)C1(C)NC(C)C(C)C1C. The largest absolute Gasteiger partial charge is 0.302 e. The molecular formula is C10H19NO. The number of rotatable bonds is 1. The van der Waals surface area contributed by atoms with Gasteiger partial charge in [0.15, 0.2) is 0 Å². The fraction of sp³-hybridized carbons (Fsp3) is 0.900. The first-order valence-electron chi connectivity index (χ1n) is 4.68. The summed E-state index contributed by atoms with van der Waals surface area (Å²) in [5.41, 5.74) is -0.293. The van der Waals surface area contributed by atoms with Gasteiger partial charge in [0.05, 0.1) is 5.54 Å². The fourth-order valence-electron chi connectivity index (χ4n) is 2.12. The summed E-state index contributed by atoms with van der Waals surface area (Å²) >= 11 is 0. The molecular weight excluding hydrogens is 150 g/mol. The molecule has 0 saturated carbocycles. The molecule has 12 heavy (non-hydrogen) atoms. The van der Waals surface area contributed by atoms with Crippen LogP contribution in [0.25, 0.3) is 0 Å². The lowest BCUT2D eigenvalue weighted by atomic mass is 9.80. The molecule has 0 aromatic rings. The van der Waals surface area contributed by atoms with Gasteiger partial charge in [-0.15, -0.1) is 0 Å². The monoisotopic (exact) mass is 169 g/mol. The Morgan fingerprint density at radius 1 is 1.33 bits per heavy atom. The van der Waals surface area contributed by atoms with Gasteiger partial charge in [-0.3, -0.25) is 4.79 Å². The first-order chi connectivity index (χ1) is 5.39. The molecule has 0 bridgehead atoms. The molecule has 0 aliphatic carbocycles. The van der Waals surface area contributed by atoms with Crippen molar-refractivity contribution in [3.05, 3.63) is 0 Å². The lowest BCUT2D eigenvalue weighted by molar-refractivity contribution is -0.123. The van der Waals surface area contributed by atoms with Crippen molar-refractivity contribution in [2.75, 3.05) is 0 Å². The molecule has 1 saturated heterocycles. The Morgan fingerprint density at radius 2 is 1.83 bits per heavy atom. The zero-order valence-corrected chi connectivity index (χ0v) is 8.64. The smallest absolute Gasteiger partial charge is 0.149 e. The molecule has 0 aromatic heterocycles. The number of carbonyl (C=O) groups excluding carboxylic acids is 1.